The van der Waals surface area contributed by atoms with E-state index < -0.39 is 0 Å². The first-order valence-electron chi connectivity index (χ1n) is 8.95. The maximum absolute atomic E-state index is 12.7. The normalized spacial score (nSPS) is 14.0. The van der Waals surface area contributed by atoms with Gasteiger partial charge < -0.3 is 14.3 Å². The van der Waals surface area contributed by atoms with Crippen molar-refractivity contribution in [3.8, 4) is 17.5 Å². The summed E-state index contributed by atoms with van der Waals surface area (Å²) in [6, 6.07) is 12.7. The van der Waals surface area contributed by atoms with Crippen LogP contribution in [0.25, 0.3) is 11.4 Å². The molecule has 0 N–H and O–H groups in total. The van der Waals surface area contributed by atoms with Gasteiger partial charge in [-0.25, -0.2) is 4.98 Å². The van der Waals surface area contributed by atoms with Gasteiger partial charge in [-0.3, -0.25) is 4.79 Å². The molecule has 0 aliphatic carbocycles. The number of pyridine rings is 1. The highest BCUT2D eigenvalue weighted by Crippen LogP contribution is 2.20. The number of carbonyl (C=O) groups is 1. The van der Waals surface area contributed by atoms with E-state index in [1.54, 1.807) is 37.4 Å². The first-order valence-corrected chi connectivity index (χ1v) is 8.95. The van der Waals surface area contributed by atoms with E-state index in [0.29, 0.717) is 49.0 Å². The van der Waals surface area contributed by atoms with Crippen LogP contribution >= 0.6 is 0 Å². The van der Waals surface area contributed by atoms with Gasteiger partial charge in [0.2, 0.25) is 11.7 Å². The van der Waals surface area contributed by atoms with Crippen LogP contribution in [0.5, 0.6) is 0 Å². The number of anilines is 1. The summed E-state index contributed by atoms with van der Waals surface area (Å²) >= 11 is 0. The largest absolute Gasteiger partial charge is 0.353 e. The fraction of sp³-hybridized carbons (Fsp3) is 0.250. The molecule has 1 saturated heterocycles. The number of hydrogen-bond acceptors (Lipinski definition) is 7. The Labute approximate surface area is 162 Å². The standard InChI is InChI=1S/C20H18N6O2/c1-14-23-19(24-28-14)17-5-6-18(22-13-17)25-7-9-26(10-8-25)20(27)16-4-2-3-15(11-16)12-21/h2-6,11,13H,7-10H2,1H3. The highest BCUT2D eigenvalue weighted by atomic mass is 16.5. The highest BCUT2D eigenvalue weighted by molar-refractivity contribution is 5.94. The van der Waals surface area contributed by atoms with Gasteiger partial charge in [-0.05, 0) is 30.3 Å². The summed E-state index contributed by atoms with van der Waals surface area (Å²) in [5.74, 6) is 1.84. The molecule has 0 radical (unpaired) electrons. The van der Waals surface area contributed by atoms with E-state index in [1.807, 2.05) is 17.0 Å². The van der Waals surface area contributed by atoms with E-state index in [4.69, 9.17) is 9.78 Å². The molecule has 1 amide bonds. The lowest BCUT2D eigenvalue weighted by molar-refractivity contribution is 0.0746. The number of aryl methyl sites for hydroxylation is 1. The summed E-state index contributed by atoms with van der Waals surface area (Å²) in [6.45, 7) is 4.33. The quantitative estimate of drug-likeness (QED) is 0.693. The lowest BCUT2D eigenvalue weighted by atomic mass is 10.1. The number of rotatable bonds is 3. The van der Waals surface area contributed by atoms with Gasteiger partial charge in [0.1, 0.15) is 5.82 Å². The van der Waals surface area contributed by atoms with Crippen LogP contribution in [0.15, 0.2) is 47.1 Å². The van der Waals surface area contributed by atoms with Gasteiger partial charge in [-0.15, -0.1) is 0 Å². The van der Waals surface area contributed by atoms with Crippen molar-refractivity contribution in [3.05, 3.63) is 59.6 Å². The van der Waals surface area contributed by atoms with Gasteiger partial charge >= 0.3 is 0 Å². The Bertz CT molecular complexity index is 1030. The number of benzene rings is 1. The van der Waals surface area contributed by atoms with E-state index >= 15 is 0 Å². The highest BCUT2D eigenvalue weighted by Gasteiger charge is 2.23. The van der Waals surface area contributed by atoms with Gasteiger partial charge in [-0.1, -0.05) is 11.2 Å². The summed E-state index contributed by atoms with van der Waals surface area (Å²) < 4.78 is 5.00. The SMILES string of the molecule is Cc1nc(-c2ccc(N3CCN(C(=O)c4cccc(C#N)c4)CC3)nc2)no1. The Balaban J connectivity index is 1.40. The molecule has 1 aliphatic rings. The van der Waals surface area contributed by atoms with Gasteiger partial charge in [0.25, 0.3) is 5.91 Å². The molecule has 1 aliphatic heterocycles. The molecule has 0 unspecified atom stereocenters. The Morgan fingerprint density at radius 2 is 2.00 bits per heavy atom. The molecule has 1 aromatic carbocycles. The molecular formula is C20H18N6O2. The van der Waals surface area contributed by atoms with E-state index in [2.05, 4.69) is 26.1 Å². The van der Waals surface area contributed by atoms with Crippen molar-refractivity contribution < 1.29 is 9.32 Å². The Kier molecular flexibility index (Phi) is 4.72. The second kappa shape index (κ2) is 7.48. The van der Waals surface area contributed by atoms with E-state index in [-0.39, 0.29) is 5.91 Å². The summed E-state index contributed by atoms with van der Waals surface area (Å²) in [6.07, 6.45) is 1.73. The van der Waals surface area contributed by atoms with E-state index in [0.717, 1.165) is 11.4 Å². The fourth-order valence-corrected chi connectivity index (χ4v) is 3.16. The second-order valence-corrected chi connectivity index (χ2v) is 6.51. The van der Waals surface area contributed by atoms with Crippen molar-refractivity contribution in [2.24, 2.45) is 0 Å². The number of carbonyl (C=O) groups excluding carboxylic acids is 1. The molecule has 0 bridgehead atoms. The van der Waals surface area contributed by atoms with Crippen LogP contribution in [0, 0.1) is 18.3 Å². The summed E-state index contributed by atoms with van der Waals surface area (Å²) in [5.41, 5.74) is 1.84. The molecule has 2 aromatic heterocycles. The zero-order valence-corrected chi connectivity index (χ0v) is 15.4. The Hall–Kier alpha value is -3.73. The average molecular weight is 374 g/mol. The third kappa shape index (κ3) is 3.55. The van der Waals surface area contributed by atoms with Crippen molar-refractivity contribution in [3.63, 3.8) is 0 Å². The molecule has 0 spiro atoms. The van der Waals surface area contributed by atoms with Crippen LogP contribution in [0.3, 0.4) is 0 Å². The number of piperazine rings is 1. The molecule has 140 valence electrons. The zero-order chi connectivity index (χ0) is 19.5. The van der Waals surface area contributed by atoms with Crippen LogP contribution in [-0.2, 0) is 0 Å². The third-order valence-corrected chi connectivity index (χ3v) is 4.66. The minimum Gasteiger partial charge on any atom is -0.353 e. The van der Waals surface area contributed by atoms with Crippen molar-refractivity contribution in [1.82, 2.24) is 20.0 Å². The Morgan fingerprint density at radius 3 is 2.64 bits per heavy atom. The Morgan fingerprint density at radius 1 is 1.18 bits per heavy atom. The lowest BCUT2D eigenvalue weighted by Crippen LogP contribution is -2.49. The molecule has 0 atom stereocenters. The van der Waals surface area contributed by atoms with Crippen LogP contribution in [-0.4, -0.2) is 52.1 Å². The van der Waals surface area contributed by atoms with Gasteiger partial charge in [0.15, 0.2) is 0 Å². The lowest BCUT2D eigenvalue weighted by Gasteiger charge is -2.35. The van der Waals surface area contributed by atoms with Crippen LogP contribution < -0.4 is 4.90 Å². The van der Waals surface area contributed by atoms with Gasteiger partial charge in [0.05, 0.1) is 11.6 Å². The summed E-state index contributed by atoms with van der Waals surface area (Å²) in [5, 5.41) is 12.9. The number of amides is 1. The molecule has 4 rings (SSSR count). The van der Waals surface area contributed by atoms with E-state index in [9.17, 15) is 4.79 Å². The summed E-state index contributed by atoms with van der Waals surface area (Å²) in [7, 11) is 0. The predicted molar refractivity (Wildman–Crippen MR) is 102 cm³/mol. The molecular weight excluding hydrogens is 356 g/mol. The van der Waals surface area contributed by atoms with Crippen molar-refractivity contribution in [2.45, 2.75) is 6.92 Å². The first kappa shape index (κ1) is 17.7. The minimum atomic E-state index is -0.0486. The summed E-state index contributed by atoms with van der Waals surface area (Å²) in [4.78, 5) is 25.3. The monoisotopic (exact) mass is 374 g/mol. The topological polar surface area (TPSA) is 99.2 Å². The maximum atomic E-state index is 12.7. The molecule has 0 saturated carbocycles. The number of hydrogen-bond donors (Lipinski definition) is 0. The maximum Gasteiger partial charge on any atom is 0.254 e. The van der Waals surface area contributed by atoms with Gasteiger partial charge in [0, 0.05) is 50.4 Å². The molecule has 3 heterocycles. The predicted octanol–water partition coefficient (Wildman–Crippen LogP) is 2.27. The number of aromatic nitrogens is 3. The zero-order valence-electron chi connectivity index (χ0n) is 15.4. The van der Waals surface area contributed by atoms with Crippen LogP contribution in [0.1, 0.15) is 21.8 Å². The molecule has 3 aromatic rings. The molecule has 1 fully saturated rings. The molecule has 28 heavy (non-hydrogen) atoms. The molecule has 8 heteroatoms. The van der Waals surface area contributed by atoms with Crippen molar-refractivity contribution in [2.75, 3.05) is 31.1 Å². The smallest absolute Gasteiger partial charge is 0.254 e. The number of nitriles is 1. The van der Waals surface area contributed by atoms with Crippen LogP contribution in [0.4, 0.5) is 5.82 Å². The minimum absolute atomic E-state index is 0.0486. The first-order chi connectivity index (χ1) is 13.6. The second-order valence-electron chi connectivity index (χ2n) is 6.51. The third-order valence-electron chi connectivity index (χ3n) is 4.66. The van der Waals surface area contributed by atoms with Crippen molar-refractivity contribution in [1.29, 1.82) is 5.26 Å². The average Bonchev–Trinajstić information content (AvgIpc) is 3.20. The van der Waals surface area contributed by atoms with E-state index in [1.165, 1.54) is 0 Å². The van der Waals surface area contributed by atoms with Crippen LogP contribution in [0.2, 0.25) is 0 Å². The number of nitrogens with zero attached hydrogens (tertiary/aromatic N) is 6. The van der Waals surface area contributed by atoms with Gasteiger partial charge in [-0.2, -0.15) is 10.2 Å². The van der Waals surface area contributed by atoms with Crippen molar-refractivity contribution >= 4 is 11.7 Å². The molecule has 8 nitrogen and oxygen atoms in total. The fourth-order valence-electron chi connectivity index (χ4n) is 3.16.